The molecular formula is C16H15ClF4N2. The minimum atomic E-state index is -4.00. The number of nitrogens with zero attached hydrogens (tertiary/aromatic N) is 1. The summed E-state index contributed by atoms with van der Waals surface area (Å²) in [4.78, 5) is 4.23. The van der Waals surface area contributed by atoms with Gasteiger partial charge in [-0.15, -0.1) is 0 Å². The second-order valence-corrected chi connectivity index (χ2v) is 4.96. The summed E-state index contributed by atoms with van der Waals surface area (Å²) >= 11 is 6.09. The van der Waals surface area contributed by atoms with Crippen LogP contribution in [-0.4, -0.2) is 11.3 Å². The summed E-state index contributed by atoms with van der Waals surface area (Å²) < 4.78 is 43.8. The van der Waals surface area contributed by atoms with Gasteiger partial charge in [0.1, 0.15) is 11.0 Å². The molecular weight excluding hydrogens is 332 g/mol. The van der Waals surface area contributed by atoms with Gasteiger partial charge in [-0.3, -0.25) is 4.99 Å². The molecule has 0 aliphatic rings. The van der Waals surface area contributed by atoms with Crippen molar-refractivity contribution in [3.63, 3.8) is 0 Å². The molecule has 124 valence electrons. The second-order valence-electron chi connectivity index (χ2n) is 4.60. The van der Waals surface area contributed by atoms with E-state index in [-0.39, 0.29) is 12.7 Å². The van der Waals surface area contributed by atoms with Crippen LogP contribution in [0.15, 0.2) is 53.5 Å². The van der Waals surface area contributed by atoms with E-state index in [9.17, 15) is 17.6 Å². The number of halogens is 5. The van der Waals surface area contributed by atoms with Crippen molar-refractivity contribution in [3.8, 4) is 0 Å². The predicted molar refractivity (Wildman–Crippen MR) is 85.1 cm³/mol. The summed E-state index contributed by atoms with van der Waals surface area (Å²) in [5, 5.41) is 0.359. The molecule has 0 spiro atoms. The molecule has 0 atom stereocenters. The average molecular weight is 347 g/mol. The fourth-order valence-electron chi connectivity index (χ4n) is 1.52. The van der Waals surface area contributed by atoms with Crippen molar-refractivity contribution in [2.75, 3.05) is 5.73 Å². The monoisotopic (exact) mass is 346 g/mol. The highest BCUT2D eigenvalue weighted by molar-refractivity contribution is 6.70. The Hall–Kier alpha value is -2.08. The molecule has 0 radical (unpaired) electrons. The molecule has 0 saturated carbocycles. The van der Waals surface area contributed by atoms with E-state index in [0.717, 1.165) is 5.56 Å². The molecule has 2 nitrogen and oxygen atoms in total. The summed E-state index contributed by atoms with van der Waals surface area (Å²) in [5.74, 6) is -0.263. The van der Waals surface area contributed by atoms with Gasteiger partial charge in [0.05, 0.1) is 6.54 Å². The molecule has 7 heteroatoms. The number of hydrogen-bond acceptors (Lipinski definition) is 2. The van der Waals surface area contributed by atoms with E-state index in [4.69, 9.17) is 17.3 Å². The molecule has 0 bridgehead atoms. The van der Waals surface area contributed by atoms with Gasteiger partial charge in [0.25, 0.3) is 0 Å². The summed E-state index contributed by atoms with van der Waals surface area (Å²) in [7, 11) is 0. The van der Waals surface area contributed by atoms with E-state index in [1.807, 2.05) is 18.2 Å². The van der Waals surface area contributed by atoms with Crippen LogP contribution in [-0.2, 0) is 6.54 Å². The Kier molecular flexibility index (Phi) is 7.03. The maximum Gasteiger partial charge on any atom is 0.386 e. The molecule has 0 saturated heterocycles. The lowest BCUT2D eigenvalue weighted by atomic mass is 10.2. The topological polar surface area (TPSA) is 38.4 Å². The molecule has 0 unspecified atom stereocenters. The number of hydrogen-bond donors (Lipinski definition) is 1. The lowest BCUT2D eigenvalue weighted by Gasteiger charge is -2.03. The number of para-hydroxylation sites is 1. The van der Waals surface area contributed by atoms with Crippen LogP contribution < -0.4 is 5.73 Å². The minimum Gasteiger partial charge on any atom is -0.398 e. The SMILES string of the molecule is CC(F)(F)F.Nc1ccccc1C(Cl)=NCc1ccc(F)cc1. The van der Waals surface area contributed by atoms with Crippen LogP contribution in [0.4, 0.5) is 23.2 Å². The van der Waals surface area contributed by atoms with E-state index >= 15 is 0 Å². The highest BCUT2D eigenvalue weighted by Crippen LogP contribution is 2.15. The lowest BCUT2D eigenvalue weighted by molar-refractivity contribution is -0.110. The quantitative estimate of drug-likeness (QED) is 0.465. The Bertz CT molecular complexity index is 646. The molecule has 0 amide bonds. The predicted octanol–water partition coefficient (Wildman–Crippen LogP) is 5.16. The van der Waals surface area contributed by atoms with Crippen LogP contribution >= 0.6 is 11.6 Å². The molecule has 0 aliphatic carbocycles. The lowest BCUT2D eigenvalue weighted by Crippen LogP contribution is -1.98. The zero-order valence-corrected chi connectivity index (χ0v) is 13.0. The Labute approximate surface area is 136 Å². The van der Waals surface area contributed by atoms with Crippen molar-refractivity contribution >= 4 is 22.5 Å². The van der Waals surface area contributed by atoms with Gasteiger partial charge in [0.15, 0.2) is 0 Å². The summed E-state index contributed by atoms with van der Waals surface area (Å²) in [6.45, 7) is 0.584. The summed E-state index contributed by atoms with van der Waals surface area (Å²) in [6, 6.07) is 13.4. The largest absolute Gasteiger partial charge is 0.398 e. The molecule has 2 N–H and O–H groups in total. The van der Waals surface area contributed by atoms with Crippen molar-refractivity contribution in [1.29, 1.82) is 0 Å². The molecule has 2 aromatic carbocycles. The van der Waals surface area contributed by atoms with E-state index in [1.165, 1.54) is 12.1 Å². The zero-order valence-electron chi connectivity index (χ0n) is 12.2. The summed E-state index contributed by atoms with van der Waals surface area (Å²) in [5.41, 5.74) is 7.99. The molecule has 0 heterocycles. The normalized spacial score (nSPS) is 11.7. The van der Waals surface area contributed by atoms with Crippen molar-refractivity contribution in [2.45, 2.75) is 19.6 Å². The number of aliphatic imine (C=N–C) groups is 1. The number of nitrogens with two attached hydrogens (primary N) is 1. The zero-order chi connectivity index (χ0) is 17.5. The minimum absolute atomic E-state index is 0.188. The van der Waals surface area contributed by atoms with Gasteiger partial charge in [-0.1, -0.05) is 35.9 Å². The molecule has 0 aliphatic heterocycles. The van der Waals surface area contributed by atoms with Gasteiger partial charge >= 0.3 is 6.18 Å². The van der Waals surface area contributed by atoms with Gasteiger partial charge in [-0.25, -0.2) is 4.39 Å². The molecule has 23 heavy (non-hydrogen) atoms. The Morgan fingerprint density at radius 3 is 2.13 bits per heavy atom. The number of rotatable bonds is 3. The first-order valence-electron chi connectivity index (χ1n) is 6.53. The highest BCUT2D eigenvalue weighted by atomic mass is 35.5. The first-order chi connectivity index (χ1) is 10.7. The van der Waals surface area contributed by atoms with Gasteiger partial charge in [0, 0.05) is 18.2 Å². The van der Waals surface area contributed by atoms with Crippen LogP contribution in [0.1, 0.15) is 18.1 Å². The third-order valence-electron chi connectivity index (χ3n) is 2.50. The van der Waals surface area contributed by atoms with Crippen LogP contribution in [0.5, 0.6) is 0 Å². The Balaban J connectivity index is 0.000000463. The molecule has 2 aromatic rings. The van der Waals surface area contributed by atoms with Crippen LogP contribution in [0.2, 0.25) is 0 Å². The van der Waals surface area contributed by atoms with Crippen LogP contribution in [0.3, 0.4) is 0 Å². The van der Waals surface area contributed by atoms with E-state index in [0.29, 0.717) is 23.0 Å². The van der Waals surface area contributed by atoms with Gasteiger partial charge in [0.2, 0.25) is 0 Å². The van der Waals surface area contributed by atoms with Gasteiger partial charge in [-0.05, 0) is 29.8 Å². The highest BCUT2D eigenvalue weighted by Gasteiger charge is 2.15. The molecule has 0 fully saturated rings. The van der Waals surface area contributed by atoms with E-state index in [2.05, 4.69) is 4.99 Å². The fraction of sp³-hybridized carbons (Fsp3) is 0.188. The second kappa shape index (κ2) is 8.53. The number of alkyl halides is 3. The van der Waals surface area contributed by atoms with Crippen molar-refractivity contribution < 1.29 is 17.6 Å². The standard InChI is InChI=1S/C14H12ClFN2.C2H3F3/c15-14(12-3-1-2-4-13(12)17)18-9-10-5-7-11(16)8-6-10;1-2(3,4)5/h1-8H,9,17H2;1H3. The van der Waals surface area contributed by atoms with E-state index < -0.39 is 6.18 Å². The fourth-order valence-corrected chi connectivity index (χ4v) is 1.75. The maximum absolute atomic E-state index is 12.7. The van der Waals surface area contributed by atoms with Crippen LogP contribution in [0.25, 0.3) is 0 Å². The third-order valence-corrected chi connectivity index (χ3v) is 2.82. The molecule has 0 aromatic heterocycles. The van der Waals surface area contributed by atoms with Gasteiger partial charge in [-0.2, -0.15) is 13.2 Å². The van der Waals surface area contributed by atoms with Crippen molar-refractivity contribution in [2.24, 2.45) is 4.99 Å². The van der Waals surface area contributed by atoms with Crippen molar-refractivity contribution in [3.05, 3.63) is 65.5 Å². The summed E-state index contributed by atoms with van der Waals surface area (Å²) in [6.07, 6.45) is -4.00. The number of nitrogen functional groups attached to an aromatic ring is 1. The van der Waals surface area contributed by atoms with Gasteiger partial charge < -0.3 is 5.73 Å². The molecule has 2 rings (SSSR count). The Morgan fingerprint density at radius 1 is 1.09 bits per heavy atom. The maximum atomic E-state index is 12.7. The number of anilines is 1. The third kappa shape index (κ3) is 8.21. The van der Waals surface area contributed by atoms with Crippen LogP contribution in [0, 0.1) is 5.82 Å². The van der Waals surface area contributed by atoms with E-state index in [1.54, 1.807) is 18.2 Å². The first-order valence-corrected chi connectivity index (χ1v) is 6.90. The Morgan fingerprint density at radius 2 is 1.61 bits per heavy atom. The smallest absolute Gasteiger partial charge is 0.386 e. The first kappa shape index (κ1) is 19.0. The van der Waals surface area contributed by atoms with Crippen molar-refractivity contribution in [1.82, 2.24) is 0 Å². The number of benzene rings is 2. The average Bonchev–Trinajstić information content (AvgIpc) is 2.45.